The maximum absolute atomic E-state index is 13.0. The van der Waals surface area contributed by atoms with Crippen molar-refractivity contribution >= 4 is 34.0 Å². The second-order valence-corrected chi connectivity index (χ2v) is 8.15. The summed E-state index contributed by atoms with van der Waals surface area (Å²) in [5.41, 5.74) is 3.48. The number of hydrazone groups is 1. The van der Waals surface area contributed by atoms with Gasteiger partial charge in [-0.05, 0) is 83.7 Å². The molecular weight excluding hydrogens is 453 g/mol. The Kier molecular flexibility index (Phi) is 8.53. The smallest absolute Gasteiger partial charge is 0.262 e. The number of hydrogen-bond donors (Lipinski definition) is 2. The van der Waals surface area contributed by atoms with Gasteiger partial charge in [-0.15, -0.1) is 0 Å². The Labute approximate surface area is 184 Å². The first-order valence-electron chi connectivity index (χ1n) is 9.53. The van der Waals surface area contributed by atoms with Gasteiger partial charge in [0.15, 0.2) is 0 Å². The van der Waals surface area contributed by atoms with E-state index in [2.05, 4.69) is 31.8 Å². The van der Waals surface area contributed by atoms with E-state index in [0.29, 0.717) is 0 Å². The van der Waals surface area contributed by atoms with Crippen molar-refractivity contribution < 1.29 is 18.7 Å². The normalized spacial score (nSPS) is 12.3. The van der Waals surface area contributed by atoms with Gasteiger partial charge in [0.2, 0.25) is 0 Å². The summed E-state index contributed by atoms with van der Waals surface area (Å²) in [6.07, 6.45) is 1.55. The van der Waals surface area contributed by atoms with Gasteiger partial charge in [-0.1, -0.05) is 13.8 Å². The number of halogens is 2. The highest BCUT2D eigenvalue weighted by Gasteiger charge is 2.24. The lowest BCUT2D eigenvalue weighted by atomic mass is 10.0. The molecule has 2 rings (SSSR count). The first-order valence-corrected chi connectivity index (χ1v) is 10.3. The summed E-state index contributed by atoms with van der Waals surface area (Å²) >= 11 is 3.45. The van der Waals surface area contributed by atoms with E-state index in [1.165, 1.54) is 30.5 Å². The van der Waals surface area contributed by atoms with E-state index < -0.39 is 23.7 Å². The van der Waals surface area contributed by atoms with Crippen LogP contribution in [0.25, 0.3) is 0 Å². The summed E-state index contributed by atoms with van der Waals surface area (Å²) in [4.78, 5) is 24.9. The number of nitrogens with one attached hydrogen (secondary N) is 2. The number of ether oxygens (including phenoxy) is 1. The van der Waals surface area contributed by atoms with Gasteiger partial charge < -0.3 is 10.1 Å². The lowest BCUT2D eigenvalue weighted by molar-refractivity contribution is -0.123. The molecule has 2 aromatic rings. The minimum Gasteiger partial charge on any atom is -0.490 e. The number of carbonyl (C=O) groups excluding carboxylic acids is 2. The molecule has 6 nitrogen and oxygen atoms in total. The highest BCUT2D eigenvalue weighted by Crippen LogP contribution is 2.26. The van der Waals surface area contributed by atoms with Crippen LogP contribution in [0, 0.1) is 11.7 Å². The molecule has 0 fully saturated rings. The maximum atomic E-state index is 13.0. The molecule has 1 unspecified atom stereocenters. The Balaban J connectivity index is 2.00. The van der Waals surface area contributed by atoms with E-state index in [-0.39, 0.29) is 17.6 Å². The van der Waals surface area contributed by atoms with E-state index >= 15 is 0 Å². The molecule has 2 N–H and O–H groups in total. The van der Waals surface area contributed by atoms with Crippen molar-refractivity contribution in [3.63, 3.8) is 0 Å². The molecule has 0 aliphatic heterocycles. The first-order chi connectivity index (χ1) is 14.2. The number of carbonyl (C=O) groups is 2. The van der Waals surface area contributed by atoms with Gasteiger partial charge in [0, 0.05) is 5.56 Å². The second kappa shape index (κ2) is 10.9. The Bertz CT molecular complexity index is 914. The zero-order chi connectivity index (χ0) is 22.3. The molecule has 0 heterocycles. The van der Waals surface area contributed by atoms with Crippen LogP contribution in [0.3, 0.4) is 0 Å². The van der Waals surface area contributed by atoms with Crippen molar-refractivity contribution in [3.05, 3.63) is 63.9 Å². The SMILES string of the molecule is CC(C)Oc1ccc(C=NNC(=O)C(NC(=O)c2ccc(F)cc2)C(C)C)cc1Br. The number of benzene rings is 2. The fraction of sp³-hybridized carbons (Fsp3) is 0.318. The molecule has 2 amide bonds. The van der Waals surface area contributed by atoms with Gasteiger partial charge in [0.05, 0.1) is 16.8 Å². The van der Waals surface area contributed by atoms with Crippen molar-refractivity contribution in [2.45, 2.75) is 39.8 Å². The largest absolute Gasteiger partial charge is 0.490 e. The van der Waals surface area contributed by atoms with E-state index in [4.69, 9.17) is 4.74 Å². The maximum Gasteiger partial charge on any atom is 0.262 e. The molecule has 0 spiro atoms. The molecule has 0 aromatic heterocycles. The van der Waals surface area contributed by atoms with Crippen LogP contribution < -0.4 is 15.5 Å². The summed E-state index contributed by atoms with van der Waals surface area (Å²) in [7, 11) is 0. The number of rotatable bonds is 8. The zero-order valence-corrected chi connectivity index (χ0v) is 18.9. The fourth-order valence-corrected chi connectivity index (χ4v) is 3.04. The van der Waals surface area contributed by atoms with E-state index in [0.717, 1.165) is 15.8 Å². The third-order valence-corrected chi connectivity index (χ3v) is 4.67. The van der Waals surface area contributed by atoms with Crippen molar-refractivity contribution in [3.8, 4) is 5.75 Å². The predicted octanol–water partition coefficient (Wildman–Crippen LogP) is 4.28. The molecule has 2 aromatic carbocycles. The summed E-state index contributed by atoms with van der Waals surface area (Å²) in [6, 6.07) is 9.77. The summed E-state index contributed by atoms with van der Waals surface area (Å²) in [6.45, 7) is 7.50. The minimum absolute atomic E-state index is 0.0539. The molecule has 0 aliphatic carbocycles. The number of amides is 2. The Morgan fingerprint density at radius 2 is 1.77 bits per heavy atom. The van der Waals surface area contributed by atoms with Gasteiger partial charge in [0.1, 0.15) is 17.6 Å². The lowest BCUT2D eigenvalue weighted by Crippen LogP contribution is -2.48. The third-order valence-electron chi connectivity index (χ3n) is 4.05. The molecule has 0 aliphatic rings. The van der Waals surface area contributed by atoms with Gasteiger partial charge >= 0.3 is 0 Å². The van der Waals surface area contributed by atoms with Gasteiger partial charge in [0.25, 0.3) is 11.8 Å². The van der Waals surface area contributed by atoms with Crippen LogP contribution in [0.5, 0.6) is 5.75 Å². The molecule has 1 atom stereocenters. The average Bonchev–Trinajstić information content (AvgIpc) is 2.67. The summed E-state index contributed by atoms with van der Waals surface area (Å²) < 4.78 is 19.5. The van der Waals surface area contributed by atoms with Crippen LogP contribution in [0.15, 0.2) is 52.0 Å². The Hall–Kier alpha value is -2.74. The quantitative estimate of drug-likeness (QED) is 0.439. The van der Waals surface area contributed by atoms with Crippen molar-refractivity contribution in [1.82, 2.24) is 10.7 Å². The van der Waals surface area contributed by atoms with Crippen LogP contribution in [0.2, 0.25) is 0 Å². The minimum atomic E-state index is -0.798. The predicted molar refractivity (Wildman–Crippen MR) is 118 cm³/mol. The number of nitrogens with zero attached hydrogens (tertiary/aromatic N) is 1. The first kappa shape index (κ1) is 23.5. The van der Waals surface area contributed by atoms with Crippen LogP contribution in [-0.4, -0.2) is 30.2 Å². The molecule has 0 saturated heterocycles. The molecule has 160 valence electrons. The summed E-state index contributed by atoms with van der Waals surface area (Å²) in [5.74, 6) is -0.803. The van der Waals surface area contributed by atoms with Crippen molar-refractivity contribution in [2.75, 3.05) is 0 Å². The van der Waals surface area contributed by atoms with Gasteiger partial charge in [-0.2, -0.15) is 5.10 Å². The Morgan fingerprint density at radius 3 is 2.33 bits per heavy atom. The lowest BCUT2D eigenvalue weighted by Gasteiger charge is -2.20. The molecule has 8 heteroatoms. The van der Waals surface area contributed by atoms with Gasteiger partial charge in [-0.3, -0.25) is 9.59 Å². The van der Waals surface area contributed by atoms with Crippen LogP contribution in [0.1, 0.15) is 43.6 Å². The van der Waals surface area contributed by atoms with Gasteiger partial charge in [-0.25, -0.2) is 9.82 Å². The van der Waals surface area contributed by atoms with Crippen molar-refractivity contribution in [1.29, 1.82) is 0 Å². The Morgan fingerprint density at radius 1 is 1.10 bits per heavy atom. The van der Waals surface area contributed by atoms with Crippen LogP contribution >= 0.6 is 15.9 Å². The molecule has 0 saturated carbocycles. The van der Waals surface area contributed by atoms with Crippen LogP contribution in [0.4, 0.5) is 4.39 Å². The van der Waals surface area contributed by atoms with Crippen LogP contribution in [-0.2, 0) is 4.79 Å². The van der Waals surface area contributed by atoms with E-state index in [9.17, 15) is 14.0 Å². The second-order valence-electron chi connectivity index (χ2n) is 7.29. The molecule has 0 radical (unpaired) electrons. The topological polar surface area (TPSA) is 79.8 Å². The molecular formula is C22H25BrFN3O3. The average molecular weight is 478 g/mol. The van der Waals surface area contributed by atoms with Crippen molar-refractivity contribution in [2.24, 2.45) is 11.0 Å². The highest BCUT2D eigenvalue weighted by atomic mass is 79.9. The third kappa shape index (κ3) is 6.95. The monoisotopic (exact) mass is 477 g/mol. The van der Waals surface area contributed by atoms with E-state index in [1.54, 1.807) is 0 Å². The number of hydrogen-bond acceptors (Lipinski definition) is 4. The molecule has 30 heavy (non-hydrogen) atoms. The zero-order valence-electron chi connectivity index (χ0n) is 17.3. The standard InChI is InChI=1S/C22H25BrFN3O3/c1-13(2)20(26-21(28)16-6-8-17(24)9-7-16)22(29)27-25-12-15-5-10-19(18(23)11-15)30-14(3)4/h5-14,20H,1-4H3,(H,26,28)(H,27,29). The van der Waals surface area contributed by atoms with E-state index in [1.807, 2.05) is 45.9 Å². The molecule has 0 bridgehead atoms. The fourth-order valence-electron chi connectivity index (χ4n) is 2.55. The summed E-state index contributed by atoms with van der Waals surface area (Å²) in [5, 5.41) is 6.65. The highest BCUT2D eigenvalue weighted by molar-refractivity contribution is 9.10.